The summed E-state index contributed by atoms with van der Waals surface area (Å²) in [5, 5.41) is 2.93. The van der Waals surface area contributed by atoms with Crippen LogP contribution < -0.4 is 14.8 Å². The largest absolute Gasteiger partial charge is 0.491 e. The maximum Gasteiger partial charge on any atom is 0.265 e. The average molecular weight is 341 g/mol. The fourth-order valence-electron chi connectivity index (χ4n) is 2.41. The van der Waals surface area contributed by atoms with Crippen LogP contribution in [0.15, 0.2) is 48.5 Å². The molecule has 4 heteroatoms. The van der Waals surface area contributed by atoms with Crippen molar-refractivity contribution < 1.29 is 14.3 Å². The van der Waals surface area contributed by atoms with Crippen LogP contribution in [0.3, 0.4) is 0 Å². The van der Waals surface area contributed by atoms with Crippen LogP contribution >= 0.6 is 0 Å². The number of carbonyl (C=O) groups excluding carboxylic acids is 1. The quantitative estimate of drug-likeness (QED) is 0.655. The van der Waals surface area contributed by atoms with E-state index in [0.717, 1.165) is 18.4 Å². The van der Waals surface area contributed by atoms with Crippen LogP contribution in [0.2, 0.25) is 0 Å². The predicted octanol–water partition coefficient (Wildman–Crippen LogP) is 4.97. The van der Waals surface area contributed by atoms with Gasteiger partial charge in [-0.15, -0.1) is 0 Å². The van der Waals surface area contributed by atoms with Crippen LogP contribution in [-0.4, -0.2) is 18.6 Å². The topological polar surface area (TPSA) is 47.6 Å². The van der Waals surface area contributed by atoms with Crippen molar-refractivity contribution in [3.05, 3.63) is 54.1 Å². The van der Waals surface area contributed by atoms with Gasteiger partial charge < -0.3 is 14.8 Å². The minimum absolute atomic E-state index is 0.171. The number of unbranched alkanes of at least 4 members (excludes halogenated alkanes) is 1. The first kappa shape index (κ1) is 18.8. The van der Waals surface area contributed by atoms with E-state index in [1.54, 1.807) is 0 Å². The van der Waals surface area contributed by atoms with Crippen LogP contribution in [0.1, 0.15) is 38.7 Å². The molecule has 0 spiro atoms. The molecule has 0 radical (unpaired) electrons. The Morgan fingerprint density at radius 1 is 1.12 bits per heavy atom. The zero-order chi connectivity index (χ0) is 18.1. The highest BCUT2D eigenvalue weighted by Gasteiger charge is 2.20. The minimum atomic E-state index is -0.550. The lowest BCUT2D eigenvalue weighted by molar-refractivity contribution is -0.122. The molecule has 0 aliphatic rings. The van der Waals surface area contributed by atoms with Crippen molar-refractivity contribution in [1.29, 1.82) is 0 Å². The van der Waals surface area contributed by atoms with Crippen molar-refractivity contribution in [2.45, 2.75) is 46.1 Å². The lowest BCUT2D eigenvalue weighted by atomic mass is 10.2. The van der Waals surface area contributed by atoms with Crippen LogP contribution in [0.4, 0.5) is 5.69 Å². The van der Waals surface area contributed by atoms with E-state index in [9.17, 15) is 4.79 Å². The second-order valence-electron chi connectivity index (χ2n) is 6.02. The molecule has 2 aromatic rings. The Kier molecular flexibility index (Phi) is 7.33. The van der Waals surface area contributed by atoms with Gasteiger partial charge in [0.05, 0.1) is 12.3 Å². The van der Waals surface area contributed by atoms with Crippen molar-refractivity contribution in [3.63, 3.8) is 0 Å². The molecule has 0 fully saturated rings. The average Bonchev–Trinajstić information content (AvgIpc) is 2.61. The Hall–Kier alpha value is -2.49. The lowest BCUT2D eigenvalue weighted by Gasteiger charge is -2.19. The molecule has 4 nitrogen and oxygen atoms in total. The molecular weight excluding hydrogens is 314 g/mol. The number of nitrogens with one attached hydrogen (secondary N) is 1. The van der Waals surface area contributed by atoms with Crippen LogP contribution in [0.5, 0.6) is 11.5 Å². The van der Waals surface area contributed by atoms with Crippen molar-refractivity contribution >= 4 is 11.6 Å². The number of ether oxygens (including phenoxy) is 2. The molecule has 2 aromatic carbocycles. The molecule has 25 heavy (non-hydrogen) atoms. The maximum absolute atomic E-state index is 12.6. The molecule has 0 bridgehead atoms. The summed E-state index contributed by atoms with van der Waals surface area (Å²) in [6.45, 7) is 6.69. The molecule has 2 rings (SSSR count). The van der Waals surface area contributed by atoms with Crippen molar-refractivity contribution in [3.8, 4) is 11.5 Å². The summed E-state index contributed by atoms with van der Waals surface area (Å²) < 4.78 is 11.6. The summed E-state index contributed by atoms with van der Waals surface area (Å²) >= 11 is 0. The minimum Gasteiger partial charge on any atom is -0.491 e. The van der Waals surface area contributed by atoms with Gasteiger partial charge >= 0.3 is 0 Å². The lowest BCUT2D eigenvalue weighted by Crippen LogP contribution is -2.32. The standard InChI is InChI=1S/C21H27NO3/c1-4-6-14-24-20-13-8-7-12-18(20)22-21(23)19(5-2)25-17-11-9-10-16(3)15-17/h7-13,15,19H,4-6,14H2,1-3H3,(H,22,23). The molecule has 0 saturated carbocycles. The van der Waals surface area contributed by atoms with E-state index in [-0.39, 0.29) is 5.91 Å². The van der Waals surface area contributed by atoms with Crippen LogP contribution in [0.25, 0.3) is 0 Å². The first-order valence-electron chi connectivity index (χ1n) is 8.90. The third kappa shape index (κ3) is 5.82. The molecule has 0 aliphatic heterocycles. The zero-order valence-electron chi connectivity index (χ0n) is 15.2. The third-order valence-corrected chi connectivity index (χ3v) is 3.83. The van der Waals surface area contributed by atoms with Gasteiger partial charge in [0.1, 0.15) is 11.5 Å². The highest BCUT2D eigenvalue weighted by atomic mass is 16.5. The van der Waals surface area contributed by atoms with E-state index in [1.165, 1.54) is 0 Å². The normalized spacial score (nSPS) is 11.6. The molecular formula is C21H27NO3. The van der Waals surface area contributed by atoms with E-state index in [1.807, 2.05) is 62.4 Å². The Morgan fingerprint density at radius 3 is 2.64 bits per heavy atom. The van der Waals surface area contributed by atoms with Crippen molar-refractivity contribution in [1.82, 2.24) is 0 Å². The Bertz CT molecular complexity index is 684. The van der Waals surface area contributed by atoms with Gasteiger partial charge in [0.15, 0.2) is 6.10 Å². The number of hydrogen-bond donors (Lipinski definition) is 1. The Balaban J connectivity index is 2.04. The van der Waals surface area contributed by atoms with Gasteiger partial charge in [-0.1, -0.05) is 44.5 Å². The second kappa shape index (κ2) is 9.72. The SMILES string of the molecule is CCCCOc1ccccc1NC(=O)C(CC)Oc1cccc(C)c1. The van der Waals surface area contributed by atoms with Gasteiger partial charge in [0.25, 0.3) is 5.91 Å². The van der Waals surface area contributed by atoms with Gasteiger partial charge in [-0.25, -0.2) is 0 Å². The highest BCUT2D eigenvalue weighted by molar-refractivity contribution is 5.95. The smallest absolute Gasteiger partial charge is 0.265 e. The number of para-hydroxylation sites is 2. The zero-order valence-corrected chi connectivity index (χ0v) is 15.2. The van der Waals surface area contributed by atoms with Gasteiger partial charge in [0.2, 0.25) is 0 Å². The molecule has 0 heterocycles. The van der Waals surface area contributed by atoms with Crippen LogP contribution in [0, 0.1) is 6.92 Å². The van der Waals surface area contributed by atoms with E-state index in [4.69, 9.17) is 9.47 Å². The van der Waals surface area contributed by atoms with E-state index in [2.05, 4.69) is 12.2 Å². The predicted molar refractivity (Wildman–Crippen MR) is 101 cm³/mol. The first-order valence-corrected chi connectivity index (χ1v) is 8.90. The molecule has 0 aliphatic carbocycles. The fraction of sp³-hybridized carbons (Fsp3) is 0.381. The number of aryl methyl sites for hydroxylation is 1. The Labute approximate surface area is 150 Å². The van der Waals surface area contributed by atoms with Gasteiger partial charge in [0, 0.05) is 0 Å². The fourth-order valence-corrected chi connectivity index (χ4v) is 2.41. The van der Waals surface area contributed by atoms with E-state index >= 15 is 0 Å². The molecule has 1 atom stereocenters. The second-order valence-corrected chi connectivity index (χ2v) is 6.02. The number of amides is 1. The van der Waals surface area contributed by atoms with Gasteiger partial charge in [-0.05, 0) is 49.6 Å². The summed E-state index contributed by atoms with van der Waals surface area (Å²) in [6, 6.07) is 15.2. The van der Waals surface area contributed by atoms with Gasteiger partial charge in [-0.3, -0.25) is 4.79 Å². The first-order chi connectivity index (χ1) is 12.1. The van der Waals surface area contributed by atoms with E-state index in [0.29, 0.717) is 30.2 Å². The third-order valence-electron chi connectivity index (χ3n) is 3.83. The number of benzene rings is 2. The molecule has 134 valence electrons. The summed E-state index contributed by atoms with van der Waals surface area (Å²) in [4.78, 5) is 12.6. The summed E-state index contributed by atoms with van der Waals surface area (Å²) in [5.41, 5.74) is 1.78. The summed E-state index contributed by atoms with van der Waals surface area (Å²) in [6.07, 6.45) is 2.08. The summed E-state index contributed by atoms with van der Waals surface area (Å²) in [7, 11) is 0. The number of rotatable bonds is 9. The van der Waals surface area contributed by atoms with Gasteiger partial charge in [-0.2, -0.15) is 0 Å². The number of carbonyl (C=O) groups is 1. The maximum atomic E-state index is 12.6. The molecule has 0 aromatic heterocycles. The molecule has 1 unspecified atom stereocenters. The number of anilines is 1. The molecule has 1 N–H and O–H groups in total. The van der Waals surface area contributed by atoms with E-state index < -0.39 is 6.10 Å². The monoisotopic (exact) mass is 341 g/mol. The Morgan fingerprint density at radius 2 is 1.92 bits per heavy atom. The van der Waals surface area contributed by atoms with Crippen LogP contribution in [-0.2, 0) is 4.79 Å². The highest BCUT2D eigenvalue weighted by Crippen LogP contribution is 2.25. The van der Waals surface area contributed by atoms with Crippen molar-refractivity contribution in [2.24, 2.45) is 0 Å². The molecule has 1 amide bonds. The summed E-state index contributed by atoms with van der Waals surface area (Å²) in [5.74, 6) is 1.22. The number of hydrogen-bond acceptors (Lipinski definition) is 3. The molecule has 0 saturated heterocycles. The van der Waals surface area contributed by atoms with Crippen molar-refractivity contribution in [2.75, 3.05) is 11.9 Å².